The van der Waals surface area contributed by atoms with E-state index in [0.29, 0.717) is 4.90 Å². The van der Waals surface area contributed by atoms with E-state index < -0.39 is 11.3 Å². The van der Waals surface area contributed by atoms with E-state index >= 15 is 0 Å². The van der Waals surface area contributed by atoms with Crippen molar-refractivity contribution in [2.24, 2.45) is 0 Å². The highest BCUT2D eigenvalue weighted by Gasteiger charge is 2.40. The highest BCUT2D eigenvalue weighted by atomic mass is 32.2. The van der Waals surface area contributed by atoms with Crippen LogP contribution in [0.4, 0.5) is 9.59 Å². The number of likely N-dealkylation sites (N-methyl/N-ethyl adjacent to an activating group) is 1. The average Bonchev–Trinajstić information content (AvgIpc) is 2.55. The Balaban J connectivity index is 2.18. The minimum absolute atomic E-state index is 0.0574. The summed E-state index contributed by atoms with van der Waals surface area (Å²) in [7, 11) is 1.44. The number of thioether (sulfide) groups is 1. The van der Waals surface area contributed by atoms with Gasteiger partial charge in [0.1, 0.15) is 0 Å². The van der Waals surface area contributed by atoms with Crippen molar-refractivity contribution in [3.8, 4) is 0 Å². The molecule has 3 amide bonds. The molecule has 0 radical (unpaired) electrons. The Hall–Kier alpha value is -1.73. The molecule has 1 aliphatic heterocycles. The number of hydrogen-bond donors (Lipinski definition) is 1. The molecule has 1 fully saturated rings. The molecule has 1 heterocycles. The summed E-state index contributed by atoms with van der Waals surface area (Å²) in [4.78, 5) is 26.4. The Morgan fingerprint density at radius 1 is 1.33 bits per heavy atom. The van der Waals surface area contributed by atoms with Crippen LogP contribution in [0.25, 0.3) is 0 Å². The second-order valence-corrected chi connectivity index (χ2v) is 4.92. The van der Waals surface area contributed by atoms with Crippen LogP contribution in [-0.4, -0.2) is 38.9 Å². The van der Waals surface area contributed by atoms with Crippen molar-refractivity contribution in [2.75, 3.05) is 7.05 Å². The molecule has 18 heavy (non-hydrogen) atoms. The maximum Gasteiger partial charge on any atom is 0.338 e. The molecule has 0 aliphatic carbocycles. The monoisotopic (exact) mass is 279 g/mol. The van der Waals surface area contributed by atoms with Crippen molar-refractivity contribution in [2.45, 2.75) is 4.90 Å². The Morgan fingerprint density at radius 2 is 1.94 bits per heavy atom. The standard InChI is InChI=1S/C11H9N3O2S2/c1-13-9(17)8(12)14(10(13)15)11(16)18-7-5-3-2-4-6-7/h2-6,12H,1H3. The minimum atomic E-state index is -0.585. The summed E-state index contributed by atoms with van der Waals surface area (Å²) in [6.45, 7) is 0. The summed E-state index contributed by atoms with van der Waals surface area (Å²) >= 11 is 5.77. The molecule has 5 nitrogen and oxygen atoms in total. The topological polar surface area (TPSA) is 64.5 Å². The Kier molecular flexibility index (Phi) is 3.44. The predicted molar refractivity (Wildman–Crippen MR) is 73.0 cm³/mol. The molecule has 0 spiro atoms. The number of imide groups is 1. The molecule has 1 aromatic carbocycles. The molecule has 92 valence electrons. The highest BCUT2D eigenvalue weighted by Crippen LogP contribution is 2.24. The second kappa shape index (κ2) is 4.87. The van der Waals surface area contributed by atoms with Crippen LogP contribution < -0.4 is 0 Å². The lowest BCUT2D eigenvalue weighted by Gasteiger charge is -2.11. The number of benzene rings is 1. The van der Waals surface area contributed by atoms with Gasteiger partial charge in [-0.25, -0.2) is 9.69 Å². The zero-order chi connectivity index (χ0) is 13.3. The average molecular weight is 279 g/mol. The van der Waals surface area contributed by atoms with Crippen molar-refractivity contribution in [3.05, 3.63) is 30.3 Å². The predicted octanol–water partition coefficient (Wildman–Crippen LogP) is 2.57. The fraction of sp³-hybridized carbons (Fsp3) is 0.0909. The van der Waals surface area contributed by atoms with E-state index in [1.54, 1.807) is 24.3 Å². The molecule has 0 aromatic heterocycles. The van der Waals surface area contributed by atoms with Gasteiger partial charge in [-0.2, -0.15) is 0 Å². The van der Waals surface area contributed by atoms with Gasteiger partial charge in [0.25, 0.3) is 5.24 Å². The van der Waals surface area contributed by atoms with Crippen LogP contribution in [0.3, 0.4) is 0 Å². The zero-order valence-electron chi connectivity index (χ0n) is 9.41. The summed E-state index contributed by atoms with van der Waals surface area (Å²) in [6.07, 6.45) is 0. The number of carbonyl (C=O) groups is 2. The van der Waals surface area contributed by atoms with Crippen LogP contribution in [0.15, 0.2) is 35.2 Å². The first-order valence-corrected chi connectivity index (χ1v) is 6.22. The first-order valence-electron chi connectivity index (χ1n) is 5.00. The molecule has 0 unspecified atom stereocenters. The van der Waals surface area contributed by atoms with Gasteiger partial charge in [-0.1, -0.05) is 30.4 Å². The molecule has 0 saturated carbocycles. The maximum atomic E-state index is 12.0. The first kappa shape index (κ1) is 12.7. The first-order chi connectivity index (χ1) is 8.52. The number of nitrogens with one attached hydrogen (secondary N) is 1. The maximum absolute atomic E-state index is 12.0. The van der Waals surface area contributed by atoms with Gasteiger partial charge < -0.3 is 0 Å². The van der Waals surface area contributed by atoms with Crippen LogP contribution in [-0.2, 0) is 0 Å². The zero-order valence-corrected chi connectivity index (χ0v) is 11.0. The third-order valence-electron chi connectivity index (χ3n) is 2.34. The number of hydrogen-bond acceptors (Lipinski definition) is 5. The molecule has 7 heteroatoms. The fourth-order valence-electron chi connectivity index (χ4n) is 1.39. The van der Waals surface area contributed by atoms with Gasteiger partial charge in [0.15, 0.2) is 10.8 Å². The van der Waals surface area contributed by atoms with Gasteiger partial charge in [0.05, 0.1) is 0 Å². The highest BCUT2D eigenvalue weighted by molar-refractivity contribution is 8.13. The third-order valence-corrected chi connectivity index (χ3v) is 3.67. The molecule has 1 aromatic rings. The van der Waals surface area contributed by atoms with Crippen molar-refractivity contribution in [1.29, 1.82) is 5.41 Å². The van der Waals surface area contributed by atoms with Crippen molar-refractivity contribution >= 4 is 46.1 Å². The molecule has 1 N–H and O–H groups in total. The van der Waals surface area contributed by atoms with Crippen LogP contribution in [0, 0.1) is 5.41 Å². The molecular formula is C11H9N3O2S2. The molecular weight excluding hydrogens is 270 g/mol. The summed E-state index contributed by atoms with van der Waals surface area (Å²) in [5.74, 6) is -0.245. The van der Waals surface area contributed by atoms with E-state index in [2.05, 4.69) is 0 Å². The molecule has 1 saturated heterocycles. The van der Waals surface area contributed by atoms with Gasteiger partial charge in [0.2, 0.25) is 0 Å². The number of amides is 3. The third kappa shape index (κ3) is 2.14. The molecule has 1 aliphatic rings. The van der Waals surface area contributed by atoms with E-state index in [4.69, 9.17) is 17.6 Å². The lowest BCUT2D eigenvalue weighted by molar-refractivity contribution is 0.210. The van der Waals surface area contributed by atoms with Gasteiger partial charge in [-0.15, -0.1) is 0 Å². The van der Waals surface area contributed by atoms with Gasteiger partial charge in [0, 0.05) is 11.9 Å². The van der Waals surface area contributed by atoms with Crippen LogP contribution in [0.1, 0.15) is 0 Å². The van der Waals surface area contributed by atoms with Crippen molar-refractivity contribution in [1.82, 2.24) is 9.80 Å². The fourth-order valence-corrected chi connectivity index (χ4v) is 2.32. The van der Waals surface area contributed by atoms with Crippen LogP contribution in [0.5, 0.6) is 0 Å². The molecule has 2 rings (SSSR count). The van der Waals surface area contributed by atoms with Crippen molar-refractivity contribution < 1.29 is 9.59 Å². The summed E-state index contributed by atoms with van der Waals surface area (Å²) in [5, 5.41) is 7.13. The Bertz CT molecular complexity index is 544. The minimum Gasteiger partial charge on any atom is -0.284 e. The number of thiocarbonyl (C=S) groups is 1. The number of carbonyl (C=O) groups excluding carboxylic acids is 2. The molecule has 0 atom stereocenters. The second-order valence-electron chi connectivity index (χ2n) is 3.51. The number of rotatable bonds is 1. The quantitative estimate of drug-likeness (QED) is 0.634. The van der Waals surface area contributed by atoms with Gasteiger partial charge >= 0.3 is 6.03 Å². The Labute approximate surface area is 113 Å². The summed E-state index contributed by atoms with van der Waals surface area (Å²) in [5.41, 5.74) is 0. The van der Waals surface area contributed by atoms with Crippen LogP contribution in [0.2, 0.25) is 0 Å². The lowest BCUT2D eigenvalue weighted by atomic mass is 10.4. The van der Waals surface area contributed by atoms with E-state index in [0.717, 1.165) is 21.6 Å². The largest absolute Gasteiger partial charge is 0.338 e. The molecule has 0 bridgehead atoms. The normalized spacial score (nSPS) is 15.5. The van der Waals surface area contributed by atoms with Crippen molar-refractivity contribution in [3.63, 3.8) is 0 Å². The van der Waals surface area contributed by atoms with E-state index in [1.807, 2.05) is 6.07 Å². The number of nitrogens with zero attached hydrogens (tertiary/aromatic N) is 2. The summed E-state index contributed by atoms with van der Waals surface area (Å²) in [6, 6.07) is 8.36. The summed E-state index contributed by atoms with van der Waals surface area (Å²) < 4.78 is 0. The van der Waals surface area contributed by atoms with E-state index in [-0.39, 0.29) is 10.8 Å². The van der Waals surface area contributed by atoms with E-state index in [9.17, 15) is 9.59 Å². The van der Waals surface area contributed by atoms with Gasteiger partial charge in [-0.05, 0) is 23.9 Å². The SMILES string of the molecule is CN1C(=O)N(C(=O)Sc2ccccc2)C(=N)C1=S. The number of urea groups is 1. The smallest absolute Gasteiger partial charge is 0.284 e. The van der Waals surface area contributed by atoms with Crippen LogP contribution >= 0.6 is 24.0 Å². The Morgan fingerprint density at radius 3 is 2.44 bits per heavy atom. The van der Waals surface area contributed by atoms with Gasteiger partial charge in [-0.3, -0.25) is 15.1 Å². The lowest BCUT2D eigenvalue weighted by Crippen LogP contribution is -2.34. The van der Waals surface area contributed by atoms with E-state index in [1.165, 1.54) is 7.05 Å². The number of amidine groups is 1.